The van der Waals surface area contributed by atoms with Crippen molar-refractivity contribution in [2.24, 2.45) is 0 Å². The van der Waals surface area contributed by atoms with Crippen molar-refractivity contribution in [3.63, 3.8) is 0 Å². The molecule has 2 fully saturated rings. The molecule has 0 radical (unpaired) electrons. The molecule has 0 aromatic rings. The van der Waals surface area contributed by atoms with Crippen molar-refractivity contribution in [2.75, 3.05) is 20.3 Å². The van der Waals surface area contributed by atoms with Gasteiger partial charge < -0.3 is 28.8 Å². The average molecular weight is 344 g/mol. The van der Waals surface area contributed by atoms with Gasteiger partial charge in [-0.3, -0.25) is 4.79 Å². The Kier molecular flexibility index (Phi) is 7.18. The zero-order chi connectivity index (χ0) is 17.6. The summed E-state index contributed by atoms with van der Waals surface area (Å²) in [6, 6.07) is 0. The molecule has 0 spiro atoms. The summed E-state index contributed by atoms with van der Waals surface area (Å²) < 4.78 is 27.6. The highest BCUT2D eigenvalue weighted by Crippen LogP contribution is 2.29. The zero-order valence-electron chi connectivity index (χ0n) is 14.6. The van der Waals surface area contributed by atoms with Gasteiger partial charge in [0.25, 0.3) is 0 Å². The van der Waals surface area contributed by atoms with Gasteiger partial charge in [0.15, 0.2) is 12.1 Å². The van der Waals surface area contributed by atoms with Gasteiger partial charge in [-0.05, 0) is 33.1 Å². The fraction of sp³-hybridized carbons (Fsp3) is 0.824. The highest BCUT2D eigenvalue weighted by atomic mass is 16.8. The quantitative estimate of drug-likeness (QED) is 0.554. The molecule has 1 unspecified atom stereocenters. The Morgan fingerprint density at radius 3 is 2.79 bits per heavy atom. The number of aliphatic hydroxyl groups is 1. The SMILES string of the molecule is COC(=O)C/C=C/[C@@H](O)[C@H](OC1CCCCO1)[C@H]1COC(C)(C)O1. The van der Waals surface area contributed by atoms with Crippen molar-refractivity contribution in [1.82, 2.24) is 0 Å². The first-order valence-corrected chi connectivity index (χ1v) is 8.41. The third-order valence-electron chi connectivity index (χ3n) is 4.03. The first-order chi connectivity index (χ1) is 11.4. The first-order valence-electron chi connectivity index (χ1n) is 8.41. The average Bonchev–Trinajstić information content (AvgIpc) is 2.93. The molecule has 7 nitrogen and oxygen atoms in total. The van der Waals surface area contributed by atoms with Crippen LogP contribution in [0.4, 0.5) is 0 Å². The third-order valence-corrected chi connectivity index (χ3v) is 4.03. The Bertz CT molecular complexity index is 429. The van der Waals surface area contributed by atoms with Crippen LogP contribution in [-0.2, 0) is 28.5 Å². The second-order valence-electron chi connectivity index (χ2n) is 6.46. The summed E-state index contributed by atoms with van der Waals surface area (Å²) in [4.78, 5) is 11.2. The molecule has 0 amide bonds. The Labute approximate surface area is 142 Å². The van der Waals surface area contributed by atoms with Crippen LogP contribution in [0.2, 0.25) is 0 Å². The Balaban J connectivity index is 1.99. The molecule has 0 aliphatic carbocycles. The van der Waals surface area contributed by atoms with Gasteiger partial charge >= 0.3 is 5.97 Å². The second-order valence-corrected chi connectivity index (χ2v) is 6.46. The van der Waals surface area contributed by atoms with Gasteiger partial charge in [-0.25, -0.2) is 0 Å². The minimum Gasteiger partial charge on any atom is -0.469 e. The number of ether oxygens (including phenoxy) is 5. The van der Waals surface area contributed by atoms with Crippen LogP contribution in [0.3, 0.4) is 0 Å². The van der Waals surface area contributed by atoms with E-state index < -0.39 is 24.1 Å². The molecule has 4 atom stereocenters. The van der Waals surface area contributed by atoms with Crippen molar-refractivity contribution in [3.8, 4) is 0 Å². The molecule has 2 saturated heterocycles. The standard InChI is InChI=1S/C17H28O7/c1-17(2)22-11-13(24-17)16(23-15-9-4-5-10-21-15)12(18)7-6-8-14(19)20-3/h6-7,12-13,15-16,18H,4-5,8-11H2,1-3H3/b7-6+/t12-,13-,15?,16+/m1/s1. The molecule has 2 aliphatic rings. The molecule has 24 heavy (non-hydrogen) atoms. The van der Waals surface area contributed by atoms with E-state index in [9.17, 15) is 9.90 Å². The number of hydrogen-bond acceptors (Lipinski definition) is 7. The third kappa shape index (κ3) is 5.82. The summed E-state index contributed by atoms with van der Waals surface area (Å²) >= 11 is 0. The van der Waals surface area contributed by atoms with Crippen molar-refractivity contribution in [3.05, 3.63) is 12.2 Å². The van der Waals surface area contributed by atoms with E-state index in [1.807, 2.05) is 13.8 Å². The number of hydrogen-bond donors (Lipinski definition) is 1. The maximum absolute atomic E-state index is 11.2. The smallest absolute Gasteiger partial charge is 0.309 e. The molecule has 0 bridgehead atoms. The highest BCUT2D eigenvalue weighted by molar-refractivity contribution is 5.70. The molecule has 0 aromatic heterocycles. The van der Waals surface area contributed by atoms with E-state index in [2.05, 4.69) is 4.74 Å². The second kappa shape index (κ2) is 8.92. The van der Waals surface area contributed by atoms with Crippen molar-refractivity contribution in [2.45, 2.75) is 69.9 Å². The molecule has 1 N–H and O–H groups in total. The van der Waals surface area contributed by atoms with Crippen LogP contribution in [-0.4, -0.2) is 61.8 Å². The molecule has 0 saturated carbocycles. The van der Waals surface area contributed by atoms with Gasteiger partial charge in [0.2, 0.25) is 0 Å². The maximum Gasteiger partial charge on any atom is 0.309 e. The lowest BCUT2D eigenvalue weighted by molar-refractivity contribution is -0.232. The largest absolute Gasteiger partial charge is 0.469 e. The molecular weight excluding hydrogens is 316 g/mol. The fourth-order valence-corrected chi connectivity index (χ4v) is 2.76. The van der Waals surface area contributed by atoms with E-state index >= 15 is 0 Å². The van der Waals surface area contributed by atoms with Gasteiger partial charge in [-0.1, -0.05) is 12.2 Å². The lowest BCUT2D eigenvalue weighted by Gasteiger charge is -2.32. The molecule has 2 heterocycles. The van der Waals surface area contributed by atoms with Crippen LogP contribution >= 0.6 is 0 Å². The molecule has 138 valence electrons. The van der Waals surface area contributed by atoms with Crippen LogP contribution < -0.4 is 0 Å². The van der Waals surface area contributed by atoms with Gasteiger partial charge in [-0.2, -0.15) is 0 Å². The van der Waals surface area contributed by atoms with Gasteiger partial charge in [0, 0.05) is 6.61 Å². The minimum absolute atomic E-state index is 0.0910. The van der Waals surface area contributed by atoms with Gasteiger partial charge in [0.05, 0.1) is 20.1 Å². The van der Waals surface area contributed by atoms with Crippen molar-refractivity contribution >= 4 is 5.97 Å². The molecule has 7 heteroatoms. The van der Waals surface area contributed by atoms with E-state index in [0.29, 0.717) is 13.2 Å². The van der Waals surface area contributed by atoms with E-state index in [-0.39, 0.29) is 18.7 Å². The number of rotatable bonds is 7. The van der Waals surface area contributed by atoms with E-state index in [1.54, 1.807) is 6.08 Å². The van der Waals surface area contributed by atoms with E-state index in [0.717, 1.165) is 19.3 Å². The summed E-state index contributed by atoms with van der Waals surface area (Å²) in [6.07, 6.45) is 3.66. The summed E-state index contributed by atoms with van der Waals surface area (Å²) in [6.45, 7) is 4.62. The minimum atomic E-state index is -0.942. The van der Waals surface area contributed by atoms with Crippen LogP contribution in [0.5, 0.6) is 0 Å². The predicted molar refractivity (Wildman–Crippen MR) is 85.1 cm³/mol. The monoisotopic (exact) mass is 344 g/mol. The zero-order valence-corrected chi connectivity index (χ0v) is 14.6. The van der Waals surface area contributed by atoms with Crippen molar-refractivity contribution < 1.29 is 33.6 Å². The number of aliphatic hydroxyl groups excluding tert-OH is 1. The Morgan fingerprint density at radius 1 is 1.42 bits per heavy atom. The number of carbonyl (C=O) groups is 1. The van der Waals surface area contributed by atoms with Crippen LogP contribution in [0.1, 0.15) is 39.5 Å². The number of methoxy groups -OCH3 is 1. The topological polar surface area (TPSA) is 83.5 Å². The summed E-state index contributed by atoms with van der Waals surface area (Å²) in [5.74, 6) is -1.08. The Morgan fingerprint density at radius 2 is 2.21 bits per heavy atom. The highest BCUT2D eigenvalue weighted by Gasteiger charge is 2.41. The molecule has 0 aromatic carbocycles. The lowest BCUT2D eigenvalue weighted by atomic mass is 10.1. The number of esters is 1. The maximum atomic E-state index is 11.2. The molecular formula is C17H28O7. The van der Waals surface area contributed by atoms with Crippen LogP contribution in [0.25, 0.3) is 0 Å². The van der Waals surface area contributed by atoms with Crippen LogP contribution in [0, 0.1) is 0 Å². The lowest BCUT2D eigenvalue weighted by Crippen LogP contribution is -2.44. The van der Waals surface area contributed by atoms with E-state index in [4.69, 9.17) is 18.9 Å². The summed E-state index contributed by atoms with van der Waals surface area (Å²) in [5, 5.41) is 10.5. The number of carbonyl (C=O) groups excluding carboxylic acids is 1. The molecule has 2 rings (SSSR count). The fourth-order valence-electron chi connectivity index (χ4n) is 2.76. The van der Waals surface area contributed by atoms with Crippen molar-refractivity contribution in [1.29, 1.82) is 0 Å². The Hall–Kier alpha value is -0.990. The van der Waals surface area contributed by atoms with E-state index in [1.165, 1.54) is 13.2 Å². The van der Waals surface area contributed by atoms with Crippen LogP contribution in [0.15, 0.2) is 12.2 Å². The molecule has 2 aliphatic heterocycles. The summed E-state index contributed by atoms with van der Waals surface area (Å²) in [7, 11) is 1.32. The van der Waals surface area contributed by atoms with Gasteiger partial charge in [-0.15, -0.1) is 0 Å². The van der Waals surface area contributed by atoms with Gasteiger partial charge in [0.1, 0.15) is 18.3 Å². The normalized spacial score (nSPS) is 29.5. The summed E-state index contributed by atoms with van der Waals surface area (Å²) in [5.41, 5.74) is 0. The predicted octanol–water partition coefficient (Wildman–Crippen LogP) is 1.53. The first kappa shape index (κ1) is 19.3.